The Hall–Kier alpha value is -3.72. The zero-order chi connectivity index (χ0) is 26.4. The summed E-state index contributed by atoms with van der Waals surface area (Å²) in [6.07, 6.45) is 1.72. The lowest BCUT2D eigenvalue weighted by atomic mass is 9.67. The molecule has 4 rings (SSSR count). The lowest BCUT2D eigenvalue weighted by molar-refractivity contribution is 0.0820. The highest BCUT2D eigenvalue weighted by Gasteiger charge is 2.46. The van der Waals surface area contributed by atoms with E-state index >= 15 is 0 Å². The Balaban J connectivity index is 2.07. The quantitative estimate of drug-likeness (QED) is 0.583. The van der Waals surface area contributed by atoms with E-state index in [1.165, 1.54) is 4.74 Å². The average Bonchev–Trinajstić information content (AvgIpc) is 3.11. The minimum absolute atomic E-state index is 0.0925. The van der Waals surface area contributed by atoms with Gasteiger partial charge in [-0.3, -0.25) is 9.59 Å². The van der Waals surface area contributed by atoms with Crippen LogP contribution in [-0.2, 0) is 25.3 Å². The second-order valence-electron chi connectivity index (χ2n) is 10.0. The summed E-state index contributed by atoms with van der Waals surface area (Å²) < 4.78 is 6.72. The van der Waals surface area contributed by atoms with Gasteiger partial charge in [0.15, 0.2) is 5.82 Å². The molecule has 2 aromatic carbocycles. The fraction of sp³-hybridized carbons (Fsp3) is 0.407. The summed E-state index contributed by atoms with van der Waals surface area (Å²) in [6, 6.07) is 11.1. The second kappa shape index (κ2) is 9.39. The highest BCUT2D eigenvalue weighted by molar-refractivity contribution is 5.95. The predicted octanol–water partition coefficient (Wildman–Crippen LogP) is 1.95. The maximum absolute atomic E-state index is 12.8. The van der Waals surface area contributed by atoms with E-state index in [-0.39, 0.29) is 17.9 Å². The molecule has 2 N–H and O–H groups in total. The van der Waals surface area contributed by atoms with Crippen molar-refractivity contribution in [2.75, 3.05) is 28.2 Å². The van der Waals surface area contributed by atoms with Crippen LogP contribution in [0.1, 0.15) is 62.1 Å². The molecule has 0 saturated carbocycles. The van der Waals surface area contributed by atoms with E-state index in [4.69, 9.17) is 10.3 Å². The first-order valence-electron chi connectivity index (χ1n) is 12.0. The molecule has 0 spiro atoms. The monoisotopic (exact) mass is 491 g/mol. The van der Waals surface area contributed by atoms with Gasteiger partial charge in [0.1, 0.15) is 0 Å². The van der Waals surface area contributed by atoms with Gasteiger partial charge >= 0.3 is 5.76 Å². The molecule has 1 heterocycles. The Labute approximate surface area is 210 Å². The van der Waals surface area contributed by atoms with Crippen molar-refractivity contribution in [3.05, 3.63) is 86.2 Å². The van der Waals surface area contributed by atoms with Gasteiger partial charge in [-0.25, -0.2) is 4.79 Å². The number of carbonyl (C=O) groups is 2. The smallest absolute Gasteiger partial charge is 0.345 e. The number of aromatic nitrogens is 2. The van der Waals surface area contributed by atoms with Gasteiger partial charge in [-0.2, -0.15) is 9.72 Å². The van der Waals surface area contributed by atoms with Crippen LogP contribution >= 0.6 is 0 Å². The van der Waals surface area contributed by atoms with Crippen molar-refractivity contribution >= 4 is 11.8 Å². The highest BCUT2D eigenvalue weighted by atomic mass is 16.5. The van der Waals surface area contributed by atoms with Gasteiger partial charge in [0, 0.05) is 52.4 Å². The molecule has 1 aliphatic rings. The summed E-state index contributed by atoms with van der Waals surface area (Å²) in [7, 11) is 8.54. The molecule has 0 aliphatic heterocycles. The number of benzene rings is 2. The SMILES string of the molecule is C[C@@H](N)CC1(c2nc(=O)on2C)c2ccc(C(=O)N(C)C)cc2CCc2cc(C(=O)N(C)C)ccc21. The Morgan fingerprint density at radius 2 is 1.47 bits per heavy atom. The minimum Gasteiger partial charge on any atom is -0.345 e. The van der Waals surface area contributed by atoms with E-state index < -0.39 is 11.2 Å². The molecule has 0 bridgehead atoms. The number of amides is 2. The van der Waals surface area contributed by atoms with E-state index in [1.54, 1.807) is 45.0 Å². The fourth-order valence-electron chi connectivity index (χ4n) is 5.37. The van der Waals surface area contributed by atoms with Crippen LogP contribution in [0.4, 0.5) is 0 Å². The van der Waals surface area contributed by atoms with E-state index in [1.807, 2.05) is 43.3 Å². The lowest BCUT2D eigenvalue weighted by Crippen LogP contribution is -2.39. The molecule has 36 heavy (non-hydrogen) atoms. The van der Waals surface area contributed by atoms with Crippen LogP contribution in [0.15, 0.2) is 45.7 Å². The van der Waals surface area contributed by atoms with Crippen LogP contribution in [0.5, 0.6) is 0 Å². The molecule has 1 aromatic heterocycles. The summed E-state index contributed by atoms with van der Waals surface area (Å²) in [4.78, 5) is 45.2. The van der Waals surface area contributed by atoms with Crippen molar-refractivity contribution in [1.82, 2.24) is 19.5 Å². The number of carbonyl (C=O) groups excluding carboxylic acids is 2. The molecular formula is C27H33N5O4. The van der Waals surface area contributed by atoms with E-state index in [0.717, 1.165) is 22.3 Å². The zero-order valence-corrected chi connectivity index (χ0v) is 21.7. The number of hydrogen-bond donors (Lipinski definition) is 1. The molecule has 9 nitrogen and oxygen atoms in total. The summed E-state index contributed by atoms with van der Waals surface area (Å²) in [5.74, 6) is -0.439. The third-order valence-electron chi connectivity index (χ3n) is 6.82. The van der Waals surface area contributed by atoms with Gasteiger partial charge in [0.05, 0.1) is 5.41 Å². The Morgan fingerprint density at radius 3 is 1.83 bits per heavy atom. The standard InChI is InChI=1S/C27H33N5O4/c1-16(28)15-27(25-29-26(35)36-32(25)6)21-11-9-19(23(33)30(2)3)13-17(21)7-8-18-14-20(10-12-22(18)27)24(34)31(4)5/h9-14,16H,7-8,15,28H2,1-6H3/t16-/m1/s1. The minimum atomic E-state index is -0.921. The summed E-state index contributed by atoms with van der Waals surface area (Å²) in [5, 5.41) is 0. The van der Waals surface area contributed by atoms with Crippen molar-refractivity contribution in [1.29, 1.82) is 0 Å². The van der Waals surface area contributed by atoms with Crippen LogP contribution in [0.2, 0.25) is 0 Å². The molecule has 0 saturated heterocycles. The van der Waals surface area contributed by atoms with Crippen LogP contribution in [0.25, 0.3) is 0 Å². The molecular weight excluding hydrogens is 458 g/mol. The van der Waals surface area contributed by atoms with E-state index in [9.17, 15) is 14.4 Å². The first-order chi connectivity index (χ1) is 17.0. The van der Waals surface area contributed by atoms with Crippen LogP contribution < -0.4 is 11.5 Å². The maximum atomic E-state index is 12.8. The average molecular weight is 492 g/mol. The first-order valence-corrected chi connectivity index (χ1v) is 12.0. The number of nitrogens with two attached hydrogens (primary N) is 1. The van der Waals surface area contributed by atoms with Gasteiger partial charge in [-0.05, 0) is 72.7 Å². The lowest BCUT2D eigenvalue weighted by Gasteiger charge is -2.36. The molecule has 9 heteroatoms. The molecule has 0 unspecified atom stereocenters. The summed E-state index contributed by atoms with van der Waals surface area (Å²) >= 11 is 0. The normalized spacial score (nSPS) is 14.9. The number of nitrogens with zero attached hydrogens (tertiary/aromatic N) is 4. The van der Waals surface area contributed by atoms with Crippen LogP contribution in [0.3, 0.4) is 0 Å². The van der Waals surface area contributed by atoms with Gasteiger partial charge in [0.2, 0.25) is 0 Å². The van der Waals surface area contributed by atoms with Crippen molar-refractivity contribution in [3.8, 4) is 0 Å². The molecule has 0 fully saturated rings. The molecule has 1 atom stereocenters. The summed E-state index contributed by atoms with van der Waals surface area (Å²) in [6.45, 7) is 1.91. The van der Waals surface area contributed by atoms with Crippen molar-refractivity contribution in [3.63, 3.8) is 0 Å². The Kier molecular flexibility index (Phi) is 6.62. The van der Waals surface area contributed by atoms with E-state index in [0.29, 0.717) is 36.2 Å². The van der Waals surface area contributed by atoms with Gasteiger partial charge in [0.25, 0.3) is 11.8 Å². The Morgan fingerprint density at radius 1 is 1.00 bits per heavy atom. The van der Waals surface area contributed by atoms with Gasteiger partial charge in [-0.15, -0.1) is 0 Å². The van der Waals surface area contributed by atoms with Crippen LogP contribution in [0, 0.1) is 0 Å². The molecule has 3 aromatic rings. The molecule has 2 amide bonds. The highest BCUT2D eigenvalue weighted by Crippen LogP contribution is 2.47. The molecule has 0 radical (unpaired) electrons. The zero-order valence-electron chi connectivity index (χ0n) is 21.7. The van der Waals surface area contributed by atoms with Crippen molar-refractivity contribution in [2.45, 2.75) is 37.6 Å². The second-order valence-corrected chi connectivity index (χ2v) is 10.0. The molecule has 190 valence electrons. The maximum Gasteiger partial charge on any atom is 0.459 e. The van der Waals surface area contributed by atoms with Gasteiger partial charge in [-0.1, -0.05) is 12.1 Å². The fourth-order valence-corrected chi connectivity index (χ4v) is 5.37. The largest absolute Gasteiger partial charge is 0.459 e. The number of fused-ring (bicyclic) bond motifs is 2. The molecule has 1 aliphatic carbocycles. The van der Waals surface area contributed by atoms with Gasteiger partial charge < -0.3 is 20.1 Å². The van der Waals surface area contributed by atoms with Crippen molar-refractivity contribution < 1.29 is 14.1 Å². The third-order valence-corrected chi connectivity index (χ3v) is 6.82. The predicted molar refractivity (Wildman–Crippen MR) is 136 cm³/mol. The Bertz CT molecular complexity index is 1310. The van der Waals surface area contributed by atoms with Crippen molar-refractivity contribution in [2.24, 2.45) is 12.8 Å². The topological polar surface area (TPSA) is 115 Å². The van der Waals surface area contributed by atoms with Crippen LogP contribution in [-0.4, -0.2) is 65.6 Å². The van der Waals surface area contributed by atoms with E-state index in [2.05, 4.69) is 4.98 Å². The number of aryl methyl sites for hydroxylation is 3. The third kappa shape index (κ3) is 4.24. The number of rotatable bonds is 5. The first kappa shape index (κ1) is 25.4. The summed E-state index contributed by atoms with van der Waals surface area (Å²) in [5.41, 5.74) is 10.5. The number of hydrogen-bond acceptors (Lipinski definition) is 6.